The first-order valence-electron chi connectivity index (χ1n) is 6.51. The number of carboxylic acids is 1. The molecule has 0 radical (unpaired) electrons. The van der Waals surface area contributed by atoms with Crippen LogP contribution in [0.3, 0.4) is 0 Å². The van der Waals surface area contributed by atoms with Gasteiger partial charge in [0.05, 0.1) is 6.42 Å². The SMILES string of the molecule is CN(C1(CC(=O)O)CCCCC1)S(=O)(=O)NCC(F)(F)F. The van der Waals surface area contributed by atoms with Crippen LogP contribution in [-0.2, 0) is 15.0 Å². The summed E-state index contributed by atoms with van der Waals surface area (Å²) in [5.41, 5.74) is -1.17. The summed E-state index contributed by atoms with van der Waals surface area (Å²) in [6, 6.07) is 0. The lowest BCUT2D eigenvalue weighted by atomic mass is 9.79. The van der Waals surface area contributed by atoms with E-state index in [-0.39, 0.29) is 0 Å². The van der Waals surface area contributed by atoms with Gasteiger partial charge in [-0.25, -0.2) is 0 Å². The summed E-state index contributed by atoms with van der Waals surface area (Å²) in [5.74, 6) is -1.17. The van der Waals surface area contributed by atoms with Crippen molar-refractivity contribution in [2.75, 3.05) is 13.6 Å². The van der Waals surface area contributed by atoms with Crippen LogP contribution in [0.25, 0.3) is 0 Å². The van der Waals surface area contributed by atoms with Crippen molar-refractivity contribution < 1.29 is 31.5 Å². The summed E-state index contributed by atoms with van der Waals surface area (Å²) < 4.78 is 62.7. The molecular formula is C11H19F3N2O4S. The van der Waals surface area contributed by atoms with Gasteiger partial charge in [0.15, 0.2) is 0 Å². The smallest absolute Gasteiger partial charge is 0.402 e. The third kappa shape index (κ3) is 5.11. The first-order valence-corrected chi connectivity index (χ1v) is 7.95. The van der Waals surface area contributed by atoms with E-state index < -0.39 is 40.9 Å². The number of hydrogen-bond donors (Lipinski definition) is 2. The van der Waals surface area contributed by atoms with Crippen LogP contribution in [0, 0.1) is 0 Å². The molecule has 124 valence electrons. The Balaban J connectivity index is 2.93. The van der Waals surface area contributed by atoms with Crippen molar-refractivity contribution in [2.24, 2.45) is 0 Å². The predicted octanol–water partition coefficient (Wildman–Crippen LogP) is 1.49. The van der Waals surface area contributed by atoms with Gasteiger partial charge in [-0.2, -0.15) is 30.6 Å². The molecule has 0 aliphatic heterocycles. The van der Waals surface area contributed by atoms with Crippen LogP contribution >= 0.6 is 0 Å². The Hall–Kier alpha value is -0.870. The van der Waals surface area contributed by atoms with Crippen molar-refractivity contribution in [1.82, 2.24) is 9.03 Å². The van der Waals surface area contributed by atoms with Gasteiger partial charge in [-0.15, -0.1) is 0 Å². The molecule has 0 spiro atoms. The van der Waals surface area contributed by atoms with E-state index in [4.69, 9.17) is 5.11 Å². The minimum Gasteiger partial charge on any atom is -0.481 e. The molecule has 1 aliphatic carbocycles. The van der Waals surface area contributed by atoms with Gasteiger partial charge in [0.2, 0.25) is 0 Å². The molecule has 6 nitrogen and oxygen atoms in total. The van der Waals surface area contributed by atoms with Crippen LogP contribution in [0.15, 0.2) is 0 Å². The number of alkyl halides is 3. The van der Waals surface area contributed by atoms with Crippen LogP contribution in [0.5, 0.6) is 0 Å². The van der Waals surface area contributed by atoms with Gasteiger partial charge in [0.25, 0.3) is 10.2 Å². The molecule has 0 aromatic rings. The molecule has 10 heteroatoms. The van der Waals surface area contributed by atoms with Crippen molar-refractivity contribution in [3.05, 3.63) is 0 Å². The lowest BCUT2D eigenvalue weighted by molar-refractivity contribution is -0.140. The van der Waals surface area contributed by atoms with E-state index in [0.717, 1.165) is 17.8 Å². The van der Waals surface area contributed by atoms with Crippen molar-refractivity contribution in [1.29, 1.82) is 0 Å². The molecule has 1 aliphatic rings. The van der Waals surface area contributed by atoms with E-state index in [1.165, 1.54) is 4.72 Å². The summed E-state index contributed by atoms with van der Waals surface area (Å²) >= 11 is 0. The number of aliphatic carboxylic acids is 1. The second-order valence-electron chi connectivity index (χ2n) is 5.26. The second-order valence-corrected chi connectivity index (χ2v) is 7.05. The van der Waals surface area contributed by atoms with E-state index >= 15 is 0 Å². The fraction of sp³-hybridized carbons (Fsp3) is 0.909. The molecule has 0 heterocycles. The molecule has 1 rings (SSSR count). The largest absolute Gasteiger partial charge is 0.481 e. The minimum atomic E-state index is -4.67. The number of nitrogens with zero attached hydrogens (tertiary/aromatic N) is 1. The highest BCUT2D eigenvalue weighted by molar-refractivity contribution is 7.87. The van der Waals surface area contributed by atoms with Crippen LogP contribution < -0.4 is 4.72 Å². The quantitative estimate of drug-likeness (QED) is 0.771. The third-order valence-electron chi connectivity index (χ3n) is 3.75. The van der Waals surface area contributed by atoms with Gasteiger partial charge < -0.3 is 5.11 Å². The Morgan fingerprint density at radius 3 is 2.24 bits per heavy atom. The molecule has 21 heavy (non-hydrogen) atoms. The van der Waals surface area contributed by atoms with Crippen LogP contribution in [0.1, 0.15) is 38.5 Å². The standard InChI is InChI=1S/C11H19F3N2O4S/c1-16(21(19,20)15-8-11(12,13)14)10(7-9(17)18)5-3-2-4-6-10/h15H,2-8H2,1H3,(H,17,18). The van der Waals surface area contributed by atoms with Gasteiger partial charge in [-0.05, 0) is 12.8 Å². The summed E-state index contributed by atoms with van der Waals surface area (Å²) in [6.45, 7) is -1.68. The van der Waals surface area contributed by atoms with Crippen LogP contribution in [-0.4, -0.2) is 49.1 Å². The van der Waals surface area contributed by atoms with E-state index in [0.29, 0.717) is 25.7 Å². The van der Waals surface area contributed by atoms with Gasteiger partial charge in [0.1, 0.15) is 6.54 Å². The number of nitrogens with one attached hydrogen (secondary N) is 1. The second kappa shape index (κ2) is 6.49. The molecule has 0 amide bonds. The maximum atomic E-state index is 12.2. The summed E-state index contributed by atoms with van der Waals surface area (Å²) in [6.07, 6.45) is -2.30. The van der Waals surface area contributed by atoms with Gasteiger partial charge in [0, 0.05) is 12.6 Å². The lowest BCUT2D eigenvalue weighted by Gasteiger charge is -2.42. The highest BCUT2D eigenvalue weighted by Gasteiger charge is 2.44. The summed E-state index contributed by atoms with van der Waals surface area (Å²) in [4.78, 5) is 11.0. The average Bonchev–Trinajstić information content (AvgIpc) is 2.35. The highest BCUT2D eigenvalue weighted by atomic mass is 32.2. The van der Waals surface area contributed by atoms with Crippen molar-refractivity contribution in [2.45, 2.75) is 50.2 Å². The van der Waals surface area contributed by atoms with E-state index in [9.17, 15) is 26.4 Å². The molecule has 1 saturated carbocycles. The number of hydrogen-bond acceptors (Lipinski definition) is 3. The minimum absolute atomic E-state index is 0.322. The molecular weight excluding hydrogens is 313 g/mol. The molecule has 0 saturated heterocycles. The highest BCUT2D eigenvalue weighted by Crippen LogP contribution is 2.37. The van der Waals surface area contributed by atoms with Crippen LogP contribution in [0.4, 0.5) is 13.2 Å². The van der Waals surface area contributed by atoms with E-state index in [2.05, 4.69) is 0 Å². The molecule has 0 aromatic heterocycles. The molecule has 0 aromatic carbocycles. The maximum absolute atomic E-state index is 12.2. The lowest BCUT2D eigenvalue weighted by Crippen LogP contribution is -2.56. The topological polar surface area (TPSA) is 86.7 Å². The van der Waals surface area contributed by atoms with Gasteiger partial charge in [-0.3, -0.25) is 4.79 Å². The Morgan fingerprint density at radius 2 is 1.81 bits per heavy atom. The zero-order valence-electron chi connectivity index (χ0n) is 11.6. The van der Waals surface area contributed by atoms with Gasteiger partial charge >= 0.3 is 12.1 Å². The van der Waals surface area contributed by atoms with Crippen molar-refractivity contribution >= 4 is 16.2 Å². The Morgan fingerprint density at radius 1 is 1.29 bits per heavy atom. The van der Waals surface area contributed by atoms with Gasteiger partial charge in [-0.1, -0.05) is 19.3 Å². The average molecular weight is 332 g/mol. The Bertz CT molecular complexity index is 472. The van der Waals surface area contributed by atoms with Crippen molar-refractivity contribution in [3.8, 4) is 0 Å². The zero-order valence-corrected chi connectivity index (χ0v) is 12.4. The maximum Gasteiger partial charge on any atom is 0.402 e. The molecule has 0 unspecified atom stereocenters. The van der Waals surface area contributed by atoms with Crippen LogP contribution in [0.2, 0.25) is 0 Å². The first-order chi connectivity index (χ1) is 9.49. The monoisotopic (exact) mass is 332 g/mol. The normalized spacial score (nSPS) is 19.7. The molecule has 1 fully saturated rings. The Kier molecular flexibility index (Phi) is 5.62. The van der Waals surface area contributed by atoms with E-state index in [1.54, 1.807) is 0 Å². The number of rotatable bonds is 6. The fourth-order valence-electron chi connectivity index (χ4n) is 2.62. The molecule has 2 N–H and O–H groups in total. The number of carbonyl (C=O) groups is 1. The Labute approximate surface area is 121 Å². The summed E-state index contributed by atoms with van der Waals surface area (Å²) in [5, 5.41) is 8.98. The first kappa shape index (κ1) is 18.2. The predicted molar refractivity (Wildman–Crippen MR) is 68.8 cm³/mol. The van der Waals surface area contributed by atoms with E-state index in [1.807, 2.05) is 0 Å². The zero-order chi connectivity index (χ0) is 16.3. The fourth-order valence-corrected chi connectivity index (χ4v) is 3.92. The molecule has 0 bridgehead atoms. The molecule has 0 atom stereocenters. The number of halogens is 3. The summed E-state index contributed by atoms with van der Waals surface area (Å²) in [7, 11) is -3.27. The number of carboxylic acid groups (broad SMARTS) is 1. The third-order valence-corrected chi connectivity index (χ3v) is 5.37. The van der Waals surface area contributed by atoms with Crippen molar-refractivity contribution in [3.63, 3.8) is 0 Å².